The Morgan fingerprint density at radius 3 is 3.00 bits per heavy atom. The Morgan fingerprint density at radius 1 is 1.54 bits per heavy atom. The molecule has 0 aliphatic carbocycles. The molecule has 1 aromatic carbocycles. The molecule has 1 aromatic rings. The number of nitrogens with zero attached hydrogens (tertiary/aromatic N) is 1. The van der Waals surface area contributed by atoms with E-state index in [1.807, 2.05) is 18.2 Å². The van der Waals surface area contributed by atoms with E-state index in [1.165, 1.54) is 0 Å². The summed E-state index contributed by atoms with van der Waals surface area (Å²) >= 11 is 0. The van der Waals surface area contributed by atoms with Gasteiger partial charge in [-0.05, 0) is 24.1 Å². The summed E-state index contributed by atoms with van der Waals surface area (Å²) in [7, 11) is 0. The molecule has 3 heteroatoms. The lowest BCUT2D eigenvalue weighted by atomic mass is 10.1. The lowest BCUT2D eigenvalue weighted by Crippen LogP contribution is -2.09. The van der Waals surface area contributed by atoms with Crippen LogP contribution in [0, 0.1) is 5.41 Å². The molecule has 0 atom stereocenters. The fourth-order valence-electron chi connectivity index (χ4n) is 1.44. The highest BCUT2D eigenvalue weighted by Crippen LogP contribution is 2.26. The summed E-state index contributed by atoms with van der Waals surface area (Å²) in [5.41, 5.74) is 9.15. The quantitative estimate of drug-likeness (QED) is 0.623. The van der Waals surface area contributed by atoms with Gasteiger partial charge in [-0.25, -0.2) is 4.99 Å². The van der Waals surface area contributed by atoms with Gasteiger partial charge in [0, 0.05) is 12.1 Å². The Balaban J connectivity index is 2.49. The standard InChI is InChI=1S/C10H11N3/c1-6(11)7-2-3-8-5-10(12)13-9(8)4-7/h2-4,11H,5H2,1H3,(H2,12,13). The van der Waals surface area contributed by atoms with Crippen LogP contribution >= 0.6 is 0 Å². The third kappa shape index (κ3) is 1.33. The van der Waals surface area contributed by atoms with E-state index in [2.05, 4.69) is 4.99 Å². The molecule has 0 unspecified atom stereocenters. The smallest absolute Gasteiger partial charge is 0.104 e. The molecule has 0 spiro atoms. The Hall–Kier alpha value is -1.64. The zero-order chi connectivity index (χ0) is 9.42. The minimum absolute atomic E-state index is 0.559. The summed E-state index contributed by atoms with van der Waals surface area (Å²) in [5, 5.41) is 7.47. The maximum absolute atomic E-state index is 7.47. The molecule has 13 heavy (non-hydrogen) atoms. The Bertz CT molecular complexity index is 405. The summed E-state index contributed by atoms with van der Waals surface area (Å²) in [6, 6.07) is 5.85. The minimum Gasteiger partial charge on any atom is -0.387 e. The number of aliphatic imine (C=N–C) groups is 1. The maximum Gasteiger partial charge on any atom is 0.104 e. The molecule has 1 aliphatic heterocycles. The number of rotatable bonds is 1. The molecule has 0 fully saturated rings. The molecule has 0 saturated carbocycles. The fourth-order valence-corrected chi connectivity index (χ4v) is 1.44. The molecule has 3 N–H and O–H groups in total. The predicted molar refractivity (Wildman–Crippen MR) is 53.9 cm³/mol. The molecule has 0 aromatic heterocycles. The number of nitrogens with one attached hydrogen (secondary N) is 1. The molecule has 66 valence electrons. The number of benzene rings is 1. The highest BCUT2D eigenvalue weighted by molar-refractivity contribution is 5.98. The van der Waals surface area contributed by atoms with Gasteiger partial charge in [-0.3, -0.25) is 0 Å². The average Bonchev–Trinajstić information content (AvgIpc) is 2.42. The molecule has 0 amide bonds. The summed E-state index contributed by atoms with van der Waals surface area (Å²) in [6.45, 7) is 1.77. The van der Waals surface area contributed by atoms with Crippen LogP contribution < -0.4 is 5.73 Å². The average molecular weight is 173 g/mol. The Kier molecular flexibility index (Phi) is 1.65. The first kappa shape index (κ1) is 7.98. The number of amidine groups is 1. The molecule has 1 aliphatic rings. The first-order valence-corrected chi connectivity index (χ1v) is 4.18. The van der Waals surface area contributed by atoms with E-state index in [1.54, 1.807) is 6.92 Å². The van der Waals surface area contributed by atoms with Gasteiger partial charge >= 0.3 is 0 Å². The van der Waals surface area contributed by atoms with Crippen molar-refractivity contribution in [1.29, 1.82) is 5.41 Å². The largest absolute Gasteiger partial charge is 0.387 e. The van der Waals surface area contributed by atoms with Crippen molar-refractivity contribution in [2.75, 3.05) is 0 Å². The zero-order valence-electron chi connectivity index (χ0n) is 7.46. The van der Waals surface area contributed by atoms with Crippen LogP contribution in [0.25, 0.3) is 0 Å². The van der Waals surface area contributed by atoms with E-state index in [4.69, 9.17) is 11.1 Å². The molecular weight excluding hydrogens is 162 g/mol. The van der Waals surface area contributed by atoms with Gasteiger partial charge < -0.3 is 11.1 Å². The van der Waals surface area contributed by atoms with E-state index in [-0.39, 0.29) is 0 Å². The van der Waals surface area contributed by atoms with Crippen molar-refractivity contribution in [2.24, 2.45) is 10.7 Å². The van der Waals surface area contributed by atoms with Gasteiger partial charge in [0.05, 0.1) is 5.69 Å². The van der Waals surface area contributed by atoms with Gasteiger partial charge in [-0.2, -0.15) is 0 Å². The van der Waals surface area contributed by atoms with Crippen LogP contribution in [0.2, 0.25) is 0 Å². The van der Waals surface area contributed by atoms with Crippen molar-refractivity contribution >= 4 is 17.2 Å². The van der Waals surface area contributed by atoms with E-state index in [9.17, 15) is 0 Å². The van der Waals surface area contributed by atoms with Crippen molar-refractivity contribution in [2.45, 2.75) is 13.3 Å². The third-order valence-electron chi connectivity index (χ3n) is 2.15. The second-order valence-electron chi connectivity index (χ2n) is 3.25. The zero-order valence-corrected chi connectivity index (χ0v) is 7.46. The molecule has 0 bridgehead atoms. The van der Waals surface area contributed by atoms with E-state index < -0.39 is 0 Å². The fraction of sp³-hybridized carbons (Fsp3) is 0.200. The number of hydrogen-bond acceptors (Lipinski definition) is 3. The van der Waals surface area contributed by atoms with E-state index >= 15 is 0 Å². The Morgan fingerprint density at radius 2 is 2.31 bits per heavy atom. The molecule has 2 rings (SSSR count). The topological polar surface area (TPSA) is 62.2 Å². The summed E-state index contributed by atoms with van der Waals surface area (Å²) in [4.78, 5) is 4.19. The van der Waals surface area contributed by atoms with E-state index in [0.717, 1.165) is 23.2 Å². The van der Waals surface area contributed by atoms with Gasteiger partial charge in [-0.15, -0.1) is 0 Å². The number of nitrogens with two attached hydrogens (primary N) is 1. The molecule has 1 heterocycles. The predicted octanol–water partition coefficient (Wildman–Crippen LogP) is 1.62. The monoisotopic (exact) mass is 173 g/mol. The van der Waals surface area contributed by atoms with Crippen molar-refractivity contribution in [3.05, 3.63) is 29.3 Å². The molecule has 0 radical (unpaired) electrons. The summed E-state index contributed by atoms with van der Waals surface area (Å²) in [6.07, 6.45) is 0.743. The SMILES string of the molecule is CC(=N)c1ccc2c(c1)N=C(N)C2. The van der Waals surface area contributed by atoms with Crippen LogP contribution in [-0.2, 0) is 6.42 Å². The van der Waals surface area contributed by atoms with Crippen LogP contribution in [0.15, 0.2) is 23.2 Å². The lowest BCUT2D eigenvalue weighted by molar-refractivity contribution is 1.36. The van der Waals surface area contributed by atoms with Gasteiger partial charge in [0.2, 0.25) is 0 Å². The van der Waals surface area contributed by atoms with Crippen LogP contribution in [0.4, 0.5) is 5.69 Å². The van der Waals surface area contributed by atoms with Gasteiger partial charge in [0.15, 0.2) is 0 Å². The van der Waals surface area contributed by atoms with Crippen molar-refractivity contribution in [3.63, 3.8) is 0 Å². The van der Waals surface area contributed by atoms with Crippen LogP contribution in [0.3, 0.4) is 0 Å². The summed E-state index contributed by atoms with van der Waals surface area (Å²) < 4.78 is 0. The normalized spacial score (nSPS) is 13.8. The van der Waals surface area contributed by atoms with Gasteiger partial charge in [0.1, 0.15) is 5.84 Å². The summed E-state index contributed by atoms with van der Waals surface area (Å²) in [5.74, 6) is 0.662. The van der Waals surface area contributed by atoms with Crippen molar-refractivity contribution in [1.82, 2.24) is 0 Å². The number of hydrogen-bond donors (Lipinski definition) is 2. The van der Waals surface area contributed by atoms with Gasteiger partial charge in [0.25, 0.3) is 0 Å². The second-order valence-corrected chi connectivity index (χ2v) is 3.25. The maximum atomic E-state index is 7.47. The minimum atomic E-state index is 0.559. The van der Waals surface area contributed by atoms with Crippen molar-refractivity contribution in [3.8, 4) is 0 Å². The lowest BCUT2D eigenvalue weighted by Gasteiger charge is -2.00. The van der Waals surface area contributed by atoms with Crippen LogP contribution in [-0.4, -0.2) is 11.5 Å². The highest BCUT2D eigenvalue weighted by atomic mass is 14.9. The molecule has 0 saturated heterocycles. The second kappa shape index (κ2) is 2.69. The number of fused-ring (bicyclic) bond motifs is 1. The first-order chi connectivity index (χ1) is 6.16. The van der Waals surface area contributed by atoms with Gasteiger partial charge in [-0.1, -0.05) is 12.1 Å². The third-order valence-corrected chi connectivity index (χ3v) is 2.15. The van der Waals surface area contributed by atoms with Crippen molar-refractivity contribution < 1.29 is 0 Å². The van der Waals surface area contributed by atoms with Crippen LogP contribution in [0.1, 0.15) is 18.1 Å². The first-order valence-electron chi connectivity index (χ1n) is 4.18. The molecule has 3 nitrogen and oxygen atoms in total. The molecular formula is C10H11N3. The van der Waals surface area contributed by atoms with E-state index in [0.29, 0.717) is 11.5 Å². The van der Waals surface area contributed by atoms with Crippen LogP contribution in [0.5, 0.6) is 0 Å². The Labute approximate surface area is 76.8 Å². The highest BCUT2D eigenvalue weighted by Gasteiger charge is 2.12.